The van der Waals surface area contributed by atoms with Crippen LogP contribution in [0.1, 0.15) is 110 Å². The van der Waals surface area contributed by atoms with Crippen molar-refractivity contribution in [3.63, 3.8) is 0 Å². The molecule has 0 aromatic heterocycles. The maximum atomic E-state index is 13.6. The molecule has 1 saturated carbocycles. The van der Waals surface area contributed by atoms with Crippen molar-refractivity contribution in [3.05, 3.63) is 35.4 Å². The molecule has 1 fully saturated rings. The summed E-state index contributed by atoms with van der Waals surface area (Å²) < 4.78 is 33.1. The van der Waals surface area contributed by atoms with E-state index in [-0.39, 0.29) is 107 Å². The SMILES string of the molecule is CC(C)[C@H](NC(=O)CCCCC(=O)C1CC[C@H](O)C1)C(=O)C[C@@H](CCCNC(N)=O)C(=O)Cc1ccc(COC(=O)NCCOCCOCCOP(=O)(O)C(C)(C)C)cc1. The highest BCUT2D eigenvalue weighted by molar-refractivity contribution is 7.54. The van der Waals surface area contributed by atoms with Crippen LogP contribution in [0.25, 0.3) is 0 Å². The van der Waals surface area contributed by atoms with E-state index in [4.69, 9.17) is 24.5 Å². The van der Waals surface area contributed by atoms with Gasteiger partial charge in [0.15, 0.2) is 5.78 Å². The Bertz CT molecular complexity index is 1570. The van der Waals surface area contributed by atoms with Gasteiger partial charge >= 0.3 is 19.7 Å². The molecule has 17 nitrogen and oxygen atoms in total. The Morgan fingerprint density at radius 2 is 1.48 bits per heavy atom. The van der Waals surface area contributed by atoms with Gasteiger partial charge in [0.05, 0.1) is 50.3 Å². The van der Waals surface area contributed by atoms with Crippen LogP contribution >= 0.6 is 7.60 Å². The average Bonchev–Trinajstić information content (AvgIpc) is 3.62. The van der Waals surface area contributed by atoms with E-state index in [0.29, 0.717) is 62.5 Å². The van der Waals surface area contributed by atoms with Crippen molar-refractivity contribution in [2.24, 2.45) is 23.5 Å². The summed E-state index contributed by atoms with van der Waals surface area (Å²) in [7, 11) is -3.73. The number of primary amides is 1. The van der Waals surface area contributed by atoms with Gasteiger partial charge in [0.2, 0.25) is 5.91 Å². The standard InChI is InChI=1S/C42H69N4O13P/c1-29(2)39(46-38(51)11-7-6-10-35(48)33-16-17-34(47)26-33)37(50)27-32(9-8-18-44-40(43)52)36(49)25-30-12-14-31(15-13-30)28-58-41(53)45-19-20-56-21-22-57-23-24-59-60(54,55)42(3,4)5/h12-15,29,32-34,39,47H,6-11,16-28H2,1-5H3,(H,45,53)(H,46,51)(H,54,55)(H3,43,44,52)/t32-,33?,34+,39+/m1/s1. The number of benzene rings is 1. The average molecular weight is 869 g/mol. The van der Waals surface area contributed by atoms with E-state index in [1.807, 2.05) is 13.8 Å². The maximum Gasteiger partial charge on any atom is 0.407 e. The van der Waals surface area contributed by atoms with Crippen LogP contribution in [0.15, 0.2) is 24.3 Å². The first kappa shape index (κ1) is 52.4. The molecule has 0 aliphatic heterocycles. The van der Waals surface area contributed by atoms with E-state index >= 15 is 0 Å². The smallest absolute Gasteiger partial charge is 0.407 e. The molecule has 1 aliphatic rings. The summed E-state index contributed by atoms with van der Waals surface area (Å²) in [5.41, 5.74) is 6.58. The van der Waals surface area contributed by atoms with Gasteiger partial charge in [-0.1, -0.05) is 38.1 Å². The molecule has 340 valence electrons. The molecule has 0 radical (unpaired) electrons. The highest BCUT2D eigenvalue weighted by atomic mass is 31.2. The highest BCUT2D eigenvalue weighted by Crippen LogP contribution is 2.54. The number of alkyl carbamates (subject to hydrolysis) is 1. The predicted octanol–water partition coefficient (Wildman–Crippen LogP) is 4.51. The summed E-state index contributed by atoms with van der Waals surface area (Å²) in [6.45, 7) is 9.76. The molecule has 2 rings (SSSR count). The number of carbonyl (C=O) groups is 6. The lowest BCUT2D eigenvalue weighted by Gasteiger charge is -2.24. The van der Waals surface area contributed by atoms with Crippen molar-refractivity contribution in [2.45, 2.75) is 129 Å². The Morgan fingerprint density at radius 1 is 0.850 bits per heavy atom. The molecule has 1 aromatic rings. The third-order valence-electron chi connectivity index (χ3n) is 10.2. The molecule has 0 saturated heterocycles. The zero-order valence-corrected chi connectivity index (χ0v) is 36.9. The Balaban J connectivity index is 1.78. The van der Waals surface area contributed by atoms with E-state index < -0.39 is 42.9 Å². The highest BCUT2D eigenvalue weighted by Gasteiger charge is 2.36. The van der Waals surface area contributed by atoms with Gasteiger partial charge < -0.3 is 50.4 Å². The minimum absolute atomic E-state index is 0.0112. The van der Waals surface area contributed by atoms with Gasteiger partial charge in [0.1, 0.15) is 18.2 Å². The van der Waals surface area contributed by atoms with E-state index in [1.165, 1.54) is 0 Å². The summed E-state index contributed by atoms with van der Waals surface area (Å²) in [5.74, 6) is -1.63. The zero-order chi connectivity index (χ0) is 44.7. The lowest BCUT2D eigenvalue weighted by Crippen LogP contribution is -2.45. The Labute approximate surface area is 354 Å². The van der Waals surface area contributed by atoms with Crippen molar-refractivity contribution in [1.82, 2.24) is 16.0 Å². The van der Waals surface area contributed by atoms with Gasteiger partial charge in [0, 0.05) is 50.6 Å². The van der Waals surface area contributed by atoms with E-state index in [9.17, 15) is 43.3 Å². The molecule has 1 aromatic carbocycles. The van der Waals surface area contributed by atoms with Crippen LogP contribution < -0.4 is 21.7 Å². The largest absolute Gasteiger partial charge is 0.445 e. The summed E-state index contributed by atoms with van der Waals surface area (Å²) >= 11 is 0. The van der Waals surface area contributed by atoms with Gasteiger partial charge in [-0.25, -0.2) is 9.59 Å². The second-order valence-corrected chi connectivity index (χ2v) is 19.3. The van der Waals surface area contributed by atoms with E-state index in [2.05, 4.69) is 16.0 Å². The second kappa shape index (κ2) is 27.3. The molecule has 7 N–H and O–H groups in total. The molecular formula is C42H69N4O13P. The number of unbranched alkanes of at least 4 members (excludes halogenated alkanes) is 1. The zero-order valence-electron chi connectivity index (χ0n) is 36.0. The minimum Gasteiger partial charge on any atom is -0.445 e. The summed E-state index contributed by atoms with van der Waals surface area (Å²) in [6.07, 6.45) is 3.02. The normalized spacial score (nSPS) is 17.3. The summed E-state index contributed by atoms with van der Waals surface area (Å²) in [6, 6.07) is 5.49. The van der Waals surface area contributed by atoms with Crippen molar-refractivity contribution >= 4 is 43.0 Å². The van der Waals surface area contributed by atoms with Crippen LogP contribution in [0.3, 0.4) is 0 Å². The van der Waals surface area contributed by atoms with Crippen LogP contribution in [0, 0.1) is 17.8 Å². The fraction of sp³-hybridized carbons (Fsp3) is 0.714. The molecule has 60 heavy (non-hydrogen) atoms. The molecule has 18 heteroatoms. The van der Waals surface area contributed by atoms with Crippen LogP contribution in [0.5, 0.6) is 0 Å². The lowest BCUT2D eigenvalue weighted by atomic mass is 9.85. The van der Waals surface area contributed by atoms with Crippen LogP contribution in [0.4, 0.5) is 9.59 Å². The Hall–Kier alpha value is -3.73. The van der Waals surface area contributed by atoms with Gasteiger partial charge in [-0.2, -0.15) is 0 Å². The number of rotatable bonds is 30. The first-order valence-corrected chi connectivity index (χ1v) is 22.6. The third kappa shape index (κ3) is 21.2. The monoisotopic (exact) mass is 868 g/mol. The molecule has 5 atom stereocenters. The second-order valence-electron chi connectivity index (χ2n) is 16.6. The maximum absolute atomic E-state index is 13.6. The van der Waals surface area contributed by atoms with Crippen LogP contribution in [0.2, 0.25) is 0 Å². The number of nitrogens with one attached hydrogen (secondary N) is 3. The van der Waals surface area contributed by atoms with Crippen LogP contribution in [-0.4, -0.2) is 109 Å². The van der Waals surface area contributed by atoms with Gasteiger partial charge in [0.25, 0.3) is 0 Å². The van der Waals surface area contributed by atoms with E-state index in [0.717, 1.165) is 0 Å². The number of carbonyl (C=O) groups excluding carboxylic acids is 6. The number of urea groups is 1. The first-order chi connectivity index (χ1) is 28.3. The quantitative estimate of drug-likeness (QED) is 0.0460. The first-order valence-electron chi connectivity index (χ1n) is 21.0. The topological polar surface area (TPSA) is 259 Å². The van der Waals surface area contributed by atoms with Crippen LogP contribution in [-0.2, 0) is 55.5 Å². The number of nitrogens with two attached hydrogens (primary N) is 1. The fourth-order valence-corrected chi connectivity index (χ4v) is 7.18. The van der Waals surface area contributed by atoms with Gasteiger partial charge in [-0.05, 0) is 82.8 Å². The lowest BCUT2D eigenvalue weighted by molar-refractivity contribution is -0.131. The molecule has 1 aliphatic carbocycles. The molecule has 0 heterocycles. The fourth-order valence-electron chi connectivity index (χ4n) is 6.47. The van der Waals surface area contributed by atoms with Crippen molar-refractivity contribution in [3.8, 4) is 0 Å². The number of amides is 4. The van der Waals surface area contributed by atoms with Gasteiger partial charge in [-0.15, -0.1) is 0 Å². The number of hydrogen-bond acceptors (Lipinski definition) is 12. The Morgan fingerprint density at radius 3 is 2.10 bits per heavy atom. The van der Waals surface area contributed by atoms with Crippen molar-refractivity contribution < 1.29 is 62.1 Å². The Kier molecular flexibility index (Phi) is 23.8. The number of hydrogen-bond donors (Lipinski definition) is 6. The molecule has 4 amide bonds. The summed E-state index contributed by atoms with van der Waals surface area (Å²) in [5, 5.41) is 16.8. The number of ketones is 3. The number of aliphatic hydroxyl groups excluding tert-OH is 1. The number of Topliss-reactive ketones (excluding diaryl/α,β-unsaturated/α-hetero) is 3. The predicted molar refractivity (Wildman–Crippen MR) is 224 cm³/mol. The van der Waals surface area contributed by atoms with Crippen molar-refractivity contribution in [2.75, 3.05) is 46.1 Å². The van der Waals surface area contributed by atoms with E-state index in [1.54, 1.807) is 45.0 Å². The minimum atomic E-state index is -3.73. The molecule has 2 unspecified atom stereocenters. The third-order valence-corrected chi connectivity index (χ3v) is 12.4. The molecular weight excluding hydrogens is 799 g/mol. The molecule has 0 bridgehead atoms. The molecule has 0 spiro atoms. The number of aliphatic hydroxyl groups is 1. The summed E-state index contributed by atoms with van der Waals surface area (Å²) in [4.78, 5) is 85.7. The van der Waals surface area contributed by atoms with Crippen molar-refractivity contribution in [1.29, 1.82) is 0 Å². The van der Waals surface area contributed by atoms with Gasteiger partial charge in [-0.3, -0.25) is 23.7 Å². The number of ether oxygens (including phenoxy) is 3.